The maximum Gasteiger partial charge on any atom is 0.298 e. The van der Waals surface area contributed by atoms with Gasteiger partial charge in [0.15, 0.2) is 0 Å². The predicted molar refractivity (Wildman–Crippen MR) is 107 cm³/mol. The fourth-order valence-corrected chi connectivity index (χ4v) is 4.27. The normalized spacial score (nSPS) is 15.7. The van der Waals surface area contributed by atoms with E-state index in [1.165, 1.54) is 14.2 Å². The number of carbonyl (C=O) groups is 2. The number of hydrogen-bond acceptors (Lipinski definition) is 5. The molecule has 1 aliphatic heterocycles. The Balaban J connectivity index is 2.04. The topological polar surface area (TPSA) is 55.8 Å². The van der Waals surface area contributed by atoms with E-state index in [1.807, 2.05) is 0 Å². The Bertz CT molecular complexity index is 931. The first-order valence-electron chi connectivity index (χ1n) is 7.40. The zero-order valence-corrected chi connectivity index (χ0v) is 16.9. The molecular formula is C18H13BrClNO4S. The Hall–Kier alpha value is -1.96. The van der Waals surface area contributed by atoms with Gasteiger partial charge in [-0.05, 0) is 42.1 Å². The second-order valence-electron chi connectivity index (χ2n) is 5.20. The molecule has 5 nitrogen and oxygen atoms in total. The minimum atomic E-state index is -0.428. The van der Waals surface area contributed by atoms with Gasteiger partial charge in [0.25, 0.3) is 11.1 Å². The SMILES string of the molecule is COc1ccccc1N1C(=O)S/C(=C\c2cc(Br)cc(Cl)c2OC)C1=O. The maximum atomic E-state index is 12.8. The fourth-order valence-electron chi connectivity index (χ4n) is 2.53. The average molecular weight is 455 g/mol. The summed E-state index contributed by atoms with van der Waals surface area (Å²) in [5.74, 6) is 0.445. The highest BCUT2D eigenvalue weighted by Gasteiger charge is 2.37. The molecule has 0 aromatic heterocycles. The molecule has 0 spiro atoms. The van der Waals surface area contributed by atoms with Crippen molar-refractivity contribution in [1.82, 2.24) is 0 Å². The zero-order valence-electron chi connectivity index (χ0n) is 13.8. The number of carbonyl (C=O) groups excluding carboxylic acids is 2. The van der Waals surface area contributed by atoms with Crippen LogP contribution in [0, 0.1) is 0 Å². The minimum Gasteiger partial charge on any atom is -0.495 e. The van der Waals surface area contributed by atoms with Gasteiger partial charge in [-0.15, -0.1) is 0 Å². The van der Waals surface area contributed by atoms with Crippen LogP contribution in [0.4, 0.5) is 10.5 Å². The maximum absolute atomic E-state index is 12.8. The molecule has 1 heterocycles. The summed E-state index contributed by atoms with van der Waals surface area (Å²) in [6.07, 6.45) is 1.59. The third-order valence-corrected chi connectivity index (χ3v) is 5.26. The Morgan fingerprint density at radius 1 is 1.15 bits per heavy atom. The van der Waals surface area contributed by atoms with Crippen LogP contribution in [-0.2, 0) is 4.79 Å². The number of nitrogens with zero attached hydrogens (tertiary/aromatic N) is 1. The second kappa shape index (κ2) is 7.73. The van der Waals surface area contributed by atoms with Crippen LogP contribution in [0.5, 0.6) is 11.5 Å². The van der Waals surface area contributed by atoms with Crippen LogP contribution in [0.15, 0.2) is 45.8 Å². The van der Waals surface area contributed by atoms with Crippen LogP contribution in [0.2, 0.25) is 5.02 Å². The number of benzene rings is 2. The van der Waals surface area contributed by atoms with E-state index in [9.17, 15) is 9.59 Å². The summed E-state index contributed by atoms with van der Waals surface area (Å²) in [5.41, 5.74) is 0.998. The van der Waals surface area contributed by atoms with Crippen LogP contribution in [0.25, 0.3) is 6.08 Å². The van der Waals surface area contributed by atoms with E-state index < -0.39 is 11.1 Å². The number of thioether (sulfide) groups is 1. The standard InChI is InChI=1S/C18H13BrClNO4S/c1-24-14-6-4-3-5-13(14)21-17(22)15(26-18(21)23)8-10-7-11(19)9-12(20)16(10)25-2/h3-9H,1-2H3/b15-8-. The Morgan fingerprint density at radius 3 is 2.58 bits per heavy atom. The molecule has 0 N–H and O–H groups in total. The van der Waals surface area contributed by atoms with Crippen molar-refractivity contribution in [3.8, 4) is 11.5 Å². The van der Waals surface area contributed by atoms with Gasteiger partial charge in [0.05, 0.1) is 29.8 Å². The summed E-state index contributed by atoms with van der Waals surface area (Å²) in [5, 5.41) is 0.00268. The number of para-hydroxylation sites is 2. The van der Waals surface area contributed by atoms with Gasteiger partial charge in [-0.25, -0.2) is 4.90 Å². The predicted octanol–water partition coefficient (Wildman–Crippen LogP) is 5.36. The summed E-state index contributed by atoms with van der Waals surface area (Å²) < 4.78 is 11.3. The Labute approximate surface area is 168 Å². The number of hydrogen-bond donors (Lipinski definition) is 0. The highest BCUT2D eigenvalue weighted by molar-refractivity contribution is 9.10. The molecule has 0 radical (unpaired) electrons. The van der Waals surface area contributed by atoms with Crippen molar-refractivity contribution in [3.05, 3.63) is 56.4 Å². The van der Waals surface area contributed by atoms with Crippen molar-refractivity contribution in [2.75, 3.05) is 19.1 Å². The summed E-state index contributed by atoms with van der Waals surface area (Å²) in [6, 6.07) is 10.3. The van der Waals surface area contributed by atoms with Crippen molar-refractivity contribution in [3.63, 3.8) is 0 Å². The lowest BCUT2D eigenvalue weighted by Crippen LogP contribution is -2.28. The first-order chi connectivity index (χ1) is 12.5. The quantitative estimate of drug-likeness (QED) is 0.582. The number of ether oxygens (including phenoxy) is 2. The lowest BCUT2D eigenvalue weighted by atomic mass is 10.1. The van der Waals surface area contributed by atoms with Crippen molar-refractivity contribution in [2.45, 2.75) is 0 Å². The fraction of sp³-hybridized carbons (Fsp3) is 0.111. The smallest absolute Gasteiger partial charge is 0.298 e. The monoisotopic (exact) mass is 453 g/mol. The van der Waals surface area contributed by atoms with Crippen molar-refractivity contribution < 1.29 is 19.1 Å². The molecule has 0 aliphatic carbocycles. The van der Waals surface area contributed by atoms with Crippen molar-refractivity contribution in [2.24, 2.45) is 0 Å². The number of rotatable bonds is 4. The van der Waals surface area contributed by atoms with Gasteiger partial charge in [0.2, 0.25) is 0 Å². The van der Waals surface area contributed by atoms with Gasteiger partial charge in [-0.3, -0.25) is 9.59 Å². The highest BCUT2D eigenvalue weighted by atomic mass is 79.9. The molecular weight excluding hydrogens is 442 g/mol. The van der Waals surface area contributed by atoms with Gasteiger partial charge in [0, 0.05) is 10.0 Å². The van der Waals surface area contributed by atoms with Gasteiger partial charge in [0.1, 0.15) is 11.5 Å². The van der Waals surface area contributed by atoms with E-state index in [0.29, 0.717) is 27.8 Å². The molecule has 2 aromatic carbocycles. The number of amides is 2. The lowest BCUT2D eigenvalue weighted by molar-refractivity contribution is -0.113. The minimum absolute atomic E-state index is 0.272. The molecule has 8 heteroatoms. The first kappa shape index (κ1) is 18.8. The zero-order chi connectivity index (χ0) is 18.8. The molecule has 1 fully saturated rings. The van der Waals surface area contributed by atoms with Crippen molar-refractivity contribution in [1.29, 1.82) is 0 Å². The highest BCUT2D eigenvalue weighted by Crippen LogP contribution is 2.41. The number of methoxy groups -OCH3 is 2. The molecule has 0 saturated carbocycles. The third-order valence-electron chi connectivity index (χ3n) is 3.65. The molecule has 2 aromatic rings. The summed E-state index contributed by atoms with van der Waals surface area (Å²) in [4.78, 5) is 26.7. The van der Waals surface area contributed by atoms with E-state index in [4.69, 9.17) is 21.1 Å². The largest absolute Gasteiger partial charge is 0.495 e. The van der Waals surface area contributed by atoms with Gasteiger partial charge in [-0.2, -0.15) is 0 Å². The summed E-state index contributed by atoms with van der Waals surface area (Å²) in [6.45, 7) is 0. The molecule has 134 valence electrons. The number of halogens is 2. The summed E-state index contributed by atoms with van der Waals surface area (Å²) in [7, 11) is 2.98. The Morgan fingerprint density at radius 2 is 1.88 bits per heavy atom. The lowest BCUT2D eigenvalue weighted by Gasteiger charge is -2.15. The summed E-state index contributed by atoms with van der Waals surface area (Å²) >= 11 is 10.4. The van der Waals surface area contributed by atoms with E-state index in [2.05, 4.69) is 15.9 Å². The van der Waals surface area contributed by atoms with E-state index >= 15 is 0 Å². The molecule has 1 aliphatic rings. The molecule has 0 atom stereocenters. The van der Waals surface area contributed by atoms with Gasteiger partial charge < -0.3 is 9.47 Å². The molecule has 26 heavy (non-hydrogen) atoms. The van der Waals surface area contributed by atoms with Crippen LogP contribution >= 0.6 is 39.3 Å². The third kappa shape index (κ3) is 3.47. The number of imide groups is 1. The van der Waals surface area contributed by atoms with Crippen LogP contribution in [0.1, 0.15) is 5.56 Å². The molecule has 3 rings (SSSR count). The van der Waals surface area contributed by atoms with Gasteiger partial charge in [-0.1, -0.05) is 39.7 Å². The Kier molecular flexibility index (Phi) is 5.60. The molecule has 0 bridgehead atoms. The molecule has 1 saturated heterocycles. The molecule has 0 unspecified atom stereocenters. The van der Waals surface area contributed by atoms with Crippen LogP contribution in [0.3, 0.4) is 0 Å². The average Bonchev–Trinajstić information content (AvgIpc) is 2.88. The van der Waals surface area contributed by atoms with Crippen molar-refractivity contribution >= 4 is 62.2 Å². The second-order valence-corrected chi connectivity index (χ2v) is 7.52. The van der Waals surface area contributed by atoms with E-state index in [0.717, 1.165) is 21.1 Å². The molecule has 2 amide bonds. The number of anilines is 1. The van der Waals surface area contributed by atoms with Crippen LogP contribution in [-0.4, -0.2) is 25.4 Å². The van der Waals surface area contributed by atoms with E-state index in [-0.39, 0.29) is 4.91 Å². The van der Waals surface area contributed by atoms with Gasteiger partial charge >= 0.3 is 0 Å². The first-order valence-corrected chi connectivity index (χ1v) is 9.39. The van der Waals surface area contributed by atoms with E-state index in [1.54, 1.807) is 42.5 Å². The van der Waals surface area contributed by atoms with Crippen LogP contribution < -0.4 is 14.4 Å².